The van der Waals surface area contributed by atoms with Crippen molar-refractivity contribution in [2.75, 3.05) is 0 Å². The summed E-state index contributed by atoms with van der Waals surface area (Å²) in [7, 11) is 0. The van der Waals surface area contributed by atoms with Crippen molar-refractivity contribution in [1.29, 1.82) is 5.26 Å². The predicted octanol–water partition coefficient (Wildman–Crippen LogP) is 2.41. The van der Waals surface area contributed by atoms with Gasteiger partial charge in [0.1, 0.15) is 11.9 Å². The van der Waals surface area contributed by atoms with Crippen molar-refractivity contribution >= 4 is 5.65 Å². The van der Waals surface area contributed by atoms with Gasteiger partial charge in [0.2, 0.25) is 0 Å². The molecule has 0 radical (unpaired) electrons. The van der Waals surface area contributed by atoms with E-state index in [0.717, 1.165) is 5.56 Å². The van der Waals surface area contributed by atoms with Crippen LogP contribution in [0.3, 0.4) is 0 Å². The number of rotatable bonds is 1. The second kappa shape index (κ2) is 3.93. The van der Waals surface area contributed by atoms with Crippen molar-refractivity contribution < 1.29 is 4.39 Å². The molecule has 2 heterocycles. The van der Waals surface area contributed by atoms with Gasteiger partial charge in [-0.05, 0) is 36.4 Å². The van der Waals surface area contributed by atoms with E-state index in [9.17, 15) is 4.39 Å². The lowest BCUT2D eigenvalue weighted by Crippen LogP contribution is -1.90. The molecule has 0 aliphatic carbocycles. The summed E-state index contributed by atoms with van der Waals surface area (Å²) in [6.07, 6.45) is 1.66. The monoisotopic (exact) mass is 238 g/mol. The Morgan fingerprint density at radius 1 is 1.06 bits per heavy atom. The van der Waals surface area contributed by atoms with E-state index in [0.29, 0.717) is 17.0 Å². The van der Waals surface area contributed by atoms with Crippen LogP contribution in [0.4, 0.5) is 4.39 Å². The average Bonchev–Trinajstić information content (AvgIpc) is 2.82. The molecule has 0 aliphatic heterocycles. The lowest BCUT2D eigenvalue weighted by Gasteiger charge is -2.00. The molecule has 0 aliphatic rings. The van der Waals surface area contributed by atoms with Gasteiger partial charge in [0.15, 0.2) is 11.5 Å². The molecule has 0 saturated carbocycles. The van der Waals surface area contributed by atoms with E-state index in [1.165, 1.54) is 12.1 Å². The largest absolute Gasteiger partial charge is 0.281 e. The van der Waals surface area contributed by atoms with Crippen LogP contribution < -0.4 is 0 Å². The third-order valence-corrected chi connectivity index (χ3v) is 2.63. The standard InChI is InChI=1S/C13H7FN4/c14-11-4-2-10(3-5-11)13-17-16-12-6-1-9(7-15)8-18(12)13/h1-6,8H. The van der Waals surface area contributed by atoms with Crippen LogP contribution >= 0.6 is 0 Å². The number of aromatic nitrogens is 3. The molecule has 3 rings (SSSR count). The molecule has 2 aromatic heterocycles. The van der Waals surface area contributed by atoms with Gasteiger partial charge in [-0.25, -0.2) is 4.39 Å². The van der Waals surface area contributed by atoms with Gasteiger partial charge in [0.05, 0.1) is 5.56 Å². The highest BCUT2D eigenvalue weighted by Crippen LogP contribution is 2.19. The van der Waals surface area contributed by atoms with Crippen molar-refractivity contribution in [3.05, 3.63) is 54.0 Å². The van der Waals surface area contributed by atoms with Gasteiger partial charge in [-0.3, -0.25) is 4.40 Å². The molecule has 18 heavy (non-hydrogen) atoms. The van der Waals surface area contributed by atoms with Gasteiger partial charge < -0.3 is 0 Å². The maximum absolute atomic E-state index is 12.9. The van der Waals surface area contributed by atoms with E-state index in [-0.39, 0.29) is 5.82 Å². The van der Waals surface area contributed by atoms with Gasteiger partial charge in [0, 0.05) is 11.8 Å². The van der Waals surface area contributed by atoms with E-state index in [2.05, 4.69) is 16.3 Å². The molecule has 1 aromatic carbocycles. The van der Waals surface area contributed by atoms with Crippen LogP contribution in [0.25, 0.3) is 17.0 Å². The number of hydrogen-bond acceptors (Lipinski definition) is 3. The predicted molar refractivity (Wildman–Crippen MR) is 63.1 cm³/mol. The number of fused-ring (bicyclic) bond motifs is 1. The molecular weight excluding hydrogens is 231 g/mol. The smallest absolute Gasteiger partial charge is 0.168 e. The highest BCUT2D eigenvalue weighted by molar-refractivity contribution is 5.59. The third-order valence-electron chi connectivity index (χ3n) is 2.63. The molecule has 3 aromatic rings. The summed E-state index contributed by atoms with van der Waals surface area (Å²) in [6.45, 7) is 0. The van der Waals surface area contributed by atoms with E-state index in [4.69, 9.17) is 5.26 Å². The van der Waals surface area contributed by atoms with Gasteiger partial charge >= 0.3 is 0 Å². The van der Waals surface area contributed by atoms with Gasteiger partial charge in [-0.1, -0.05) is 0 Å². The van der Waals surface area contributed by atoms with Crippen LogP contribution in [0.15, 0.2) is 42.6 Å². The van der Waals surface area contributed by atoms with E-state index in [1.807, 2.05) is 0 Å². The molecule has 0 N–H and O–H groups in total. The minimum Gasteiger partial charge on any atom is -0.281 e. The molecule has 5 heteroatoms. The van der Waals surface area contributed by atoms with E-state index >= 15 is 0 Å². The quantitative estimate of drug-likeness (QED) is 0.654. The zero-order valence-corrected chi connectivity index (χ0v) is 9.21. The SMILES string of the molecule is N#Cc1ccc2nnc(-c3ccc(F)cc3)n2c1. The zero-order chi connectivity index (χ0) is 12.5. The number of nitrogens with zero attached hydrogens (tertiary/aromatic N) is 4. The van der Waals surface area contributed by atoms with Crippen LogP contribution in [-0.2, 0) is 0 Å². The van der Waals surface area contributed by atoms with Crippen molar-refractivity contribution in [1.82, 2.24) is 14.6 Å². The summed E-state index contributed by atoms with van der Waals surface area (Å²) >= 11 is 0. The second-order valence-electron chi connectivity index (χ2n) is 3.79. The molecule has 0 fully saturated rings. The molecular formula is C13H7FN4. The Bertz CT molecular complexity index is 753. The molecule has 0 saturated heterocycles. The summed E-state index contributed by atoms with van der Waals surface area (Å²) in [5.41, 5.74) is 1.91. The Balaban J connectivity index is 2.23. The number of nitriles is 1. The minimum atomic E-state index is -0.301. The van der Waals surface area contributed by atoms with Gasteiger partial charge in [0.25, 0.3) is 0 Å². The second-order valence-corrected chi connectivity index (χ2v) is 3.79. The summed E-state index contributed by atoms with van der Waals surface area (Å²) in [5, 5.41) is 16.9. The van der Waals surface area contributed by atoms with Crippen LogP contribution in [0.1, 0.15) is 5.56 Å². The number of benzene rings is 1. The van der Waals surface area contributed by atoms with E-state index in [1.54, 1.807) is 34.9 Å². The molecule has 0 unspecified atom stereocenters. The third kappa shape index (κ3) is 1.60. The number of hydrogen-bond donors (Lipinski definition) is 0. The Morgan fingerprint density at radius 2 is 1.83 bits per heavy atom. The summed E-state index contributed by atoms with van der Waals surface area (Å²) < 4.78 is 14.6. The Labute approximate surface area is 102 Å². The fourth-order valence-electron chi connectivity index (χ4n) is 1.75. The summed E-state index contributed by atoms with van der Waals surface area (Å²) in [5.74, 6) is 0.285. The number of halogens is 1. The van der Waals surface area contributed by atoms with Crippen LogP contribution in [0.5, 0.6) is 0 Å². The average molecular weight is 238 g/mol. The van der Waals surface area contributed by atoms with Gasteiger partial charge in [-0.15, -0.1) is 10.2 Å². The van der Waals surface area contributed by atoms with Crippen LogP contribution in [-0.4, -0.2) is 14.6 Å². The van der Waals surface area contributed by atoms with Crippen LogP contribution in [0, 0.1) is 17.1 Å². The highest BCUT2D eigenvalue weighted by Gasteiger charge is 2.08. The lowest BCUT2D eigenvalue weighted by molar-refractivity contribution is 0.628. The first-order chi connectivity index (χ1) is 8.78. The van der Waals surface area contributed by atoms with Crippen molar-refractivity contribution in [2.24, 2.45) is 0 Å². The first kappa shape index (κ1) is 10.4. The Hall–Kier alpha value is -2.74. The summed E-state index contributed by atoms with van der Waals surface area (Å²) in [6, 6.07) is 11.5. The maximum atomic E-state index is 12.9. The summed E-state index contributed by atoms with van der Waals surface area (Å²) in [4.78, 5) is 0. The normalized spacial score (nSPS) is 10.4. The Kier molecular flexibility index (Phi) is 2.27. The van der Waals surface area contributed by atoms with Crippen LogP contribution in [0.2, 0.25) is 0 Å². The first-order valence-corrected chi connectivity index (χ1v) is 5.29. The molecule has 4 nitrogen and oxygen atoms in total. The topological polar surface area (TPSA) is 54.0 Å². The van der Waals surface area contributed by atoms with E-state index < -0.39 is 0 Å². The van der Waals surface area contributed by atoms with Crippen molar-refractivity contribution in [2.45, 2.75) is 0 Å². The highest BCUT2D eigenvalue weighted by atomic mass is 19.1. The Morgan fingerprint density at radius 3 is 2.56 bits per heavy atom. The molecule has 0 atom stereocenters. The molecule has 0 bridgehead atoms. The lowest BCUT2D eigenvalue weighted by atomic mass is 10.2. The molecule has 0 spiro atoms. The fourth-order valence-corrected chi connectivity index (χ4v) is 1.75. The minimum absolute atomic E-state index is 0.301. The number of pyridine rings is 1. The fraction of sp³-hybridized carbons (Fsp3) is 0. The van der Waals surface area contributed by atoms with Gasteiger partial charge in [-0.2, -0.15) is 5.26 Å². The molecule has 86 valence electrons. The maximum Gasteiger partial charge on any atom is 0.168 e. The zero-order valence-electron chi connectivity index (χ0n) is 9.21. The van der Waals surface area contributed by atoms with Crippen molar-refractivity contribution in [3.8, 4) is 17.5 Å². The first-order valence-electron chi connectivity index (χ1n) is 5.29. The molecule has 0 amide bonds. The van der Waals surface area contributed by atoms with Crippen molar-refractivity contribution in [3.63, 3.8) is 0 Å².